The third kappa shape index (κ3) is 7.02. The highest BCUT2D eigenvalue weighted by molar-refractivity contribution is 6.03. The predicted molar refractivity (Wildman–Crippen MR) is 205 cm³/mol. The van der Waals surface area contributed by atoms with Crippen LogP contribution in [0.1, 0.15) is 71.3 Å². The van der Waals surface area contributed by atoms with Gasteiger partial charge in [-0.2, -0.15) is 9.97 Å². The van der Waals surface area contributed by atoms with Gasteiger partial charge >= 0.3 is 18.1 Å². The molecule has 4 saturated heterocycles. The van der Waals surface area contributed by atoms with Crippen molar-refractivity contribution in [2.75, 3.05) is 37.7 Å². The molecule has 4 aliphatic heterocycles. The van der Waals surface area contributed by atoms with Crippen LogP contribution in [0.2, 0.25) is 0 Å². The maximum absolute atomic E-state index is 17.1. The van der Waals surface area contributed by atoms with Crippen LogP contribution in [0.3, 0.4) is 0 Å². The number of aromatic hydroxyl groups is 1. The summed E-state index contributed by atoms with van der Waals surface area (Å²) in [5.41, 5.74) is -0.909. The van der Waals surface area contributed by atoms with Crippen LogP contribution >= 0.6 is 0 Å². The summed E-state index contributed by atoms with van der Waals surface area (Å²) in [6.07, 6.45) is 8.65. The summed E-state index contributed by atoms with van der Waals surface area (Å²) in [5, 5.41) is 11.5. The van der Waals surface area contributed by atoms with Gasteiger partial charge in [-0.05, 0) is 62.2 Å². The van der Waals surface area contributed by atoms with E-state index in [1.807, 2.05) is 25.7 Å². The number of benzene rings is 2. The Kier molecular flexibility index (Phi) is 10.3. The molecule has 0 saturated carbocycles. The number of anilines is 1. The zero-order chi connectivity index (χ0) is 40.2. The zero-order valence-electron chi connectivity index (χ0n) is 32.1. The maximum Gasteiger partial charge on any atom is 0.413 e. The Morgan fingerprint density at radius 3 is 2.60 bits per heavy atom. The molecule has 300 valence electrons. The van der Waals surface area contributed by atoms with Crippen molar-refractivity contribution in [3.05, 3.63) is 47.7 Å². The number of fused-ring (bicyclic) bond motifs is 5. The Hall–Kier alpha value is -5.36. The van der Waals surface area contributed by atoms with Crippen LogP contribution in [0.5, 0.6) is 11.8 Å². The lowest BCUT2D eigenvalue weighted by Crippen LogP contribution is -2.57. The minimum absolute atomic E-state index is 0.0742. The predicted octanol–water partition coefficient (Wildman–Crippen LogP) is 6.88. The van der Waals surface area contributed by atoms with Gasteiger partial charge in [0.25, 0.3) is 6.29 Å². The van der Waals surface area contributed by atoms with Gasteiger partial charge in [0.2, 0.25) is 0 Å². The summed E-state index contributed by atoms with van der Waals surface area (Å²) in [5.74, 6) is 0.233. The van der Waals surface area contributed by atoms with Gasteiger partial charge in [-0.15, -0.1) is 6.42 Å². The molecule has 1 amide bonds. The highest BCUT2D eigenvalue weighted by atomic mass is 19.1. The summed E-state index contributed by atoms with van der Waals surface area (Å²) in [4.78, 5) is 45.6. The Labute approximate surface area is 328 Å². The van der Waals surface area contributed by atoms with Crippen LogP contribution in [-0.2, 0) is 14.3 Å². The average Bonchev–Trinajstić information content (AvgIpc) is 3.80. The normalized spacial score (nSPS) is 23.6. The first-order chi connectivity index (χ1) is 27.4. The van der Waals surface area contributed by atoms with Crippen LogP contribution < -0.4 is 9.64 Å². The first kappa shape index (κ1) is 38.5. The standard InChI is InChI=1S/C42H45F3N6O6/c1-5-8-33(53)56-39(23(3)4)57-41(54)51-26-10-11-27(51)21-49(20-26)38-31-18-46-36(30-16-28(52)15-24-9-12-32(44)29(6-2)34(24)30)35(45)37(31)47-40(48-38)55-22-42-13-7-14-50(42)19-25(43)17-42/h2,9,12,15-16,18,23,25-27,39,52H,5,7-8,10-11,13-14,17,19-22H2,1,3-4H3/t25-,26?,27?,39?,42+/m1/s1. The number of carbonyl (C=O) groups excluding carboxylic acids is 2. The number of carbonyl (C=O) groups is 2. The molecule has 2 aromatic carbocycles. The van der Waals surface area contributed by atoms with Crippen molar-refractivity contribution < 1.29 is 42.1 Å². The molecule has 0 aliphatic carbocycles. The fraction of sp³-hybridized carbons (Fsp3) is 0.500. The van der Waals surface area contributed by atoms with Crippen LogP contribution in [0.4, 0.5) is 23.8 Å². The van der Waals surface area contributed by atoms with Gasteiger partial charge in [0.15, 0.2) is 5.82 Å². The monoisotopic (exact) mass is 786 g/mol. The number of phenols is 1. The molecule has 12 nitrogen and oxygen atoms in total. The van der Waals surface area contributed by atoms with E-state index in [1.54, 1.807) is 4.90 Å². The van der Waals surface area contributed by atoms with Gasteiger partial charge in [0.1, 0.15) is 41.4 Å². The van der Waals surface area contributed by atoms with Crippen molar-refractivity contribution in [1.29, 1.82) is 0 Å². The fourth-order valence-electron chi connectivity index (χ4n) is 9.14. The minimum Gasteiger partial charge on any atom is -0.508 e. The molecule has 0 spiro atoms. The fourth-order valence-corrected chi connectivity index (χ4v) is 9.14. The van der Waals surface area contributed by atoms with E-state index in [2.05, 4.69) is 20.8 Å². The number of halogens is 3. The molecule has 4 aromatic rings. The van der Waals surface area contributed by atoms with Crippen LogP contribution in [0, 0.1) is 29.9 Å². The van der Waals surface area contributed by atoms with Gasteiger partial charge in [-0.3, -0.25) is 19.6 Å². The molecule has 8 rings (SSSR count). The van der Waals surface area contributed by atoms with E-state index in [9.17, 15) is 23.5 Å². The molecule has 15 heteroatoms. The van der Waals surface area contributed by atoms with Crippen LogP contribution in [-0.4, -0.2) is 105 Å². The zero-order valence-corrected chi connectivity index (χ0v) is 32.1. The highest BCUT2D eigenvalue weighted by Crippen LogP contribution is 2.43. The molecule has 4 fully saturated rings. The number of nitrogens with zero attached hydrogens (tertiary/aromatic N) is 6. The van der Waals surface area contributed by atoms with Crippen molar-refractivity contribution in [2.24, 2.45) is 5.92 Å². The van der Waals surface area contributed by atoms with Crippen molar-refractivity contribution in [2.45, 2.75) is 95.8 Å². The van der Waals surface area contributed by atoms with Gasteiger partial charge in [-0.1, -0.05) is 32.8 Å². The van der Waals surface area contributed by atoms with E-state index in [0.29, 0.717) is 56.5 Å². The topological polar surface area (TPSA) is 130 Å². The second-order valence-corrected chi connectivity index (χ2v) is 16.0. The number of rotatable bonds is 10. The van der Waals surface area contributed by atoms with E-state index >= 15 is 4.39 Å². The van der Waals surface area contributed by atoms with E-state index in [1.165, 1.54) is 30.5 Å². The van der Waals surface area contributed by atoms with Crippen LogP contribution in [0.15, 0.2) is 30.5 Å². The molecular weight excluding hydrogens is 741 g/mol. The molecule has 1 N–H and O–H groups in total. The number of amides is 1. The Bertz CT molecular complexity index is 2270. The van der Waals surface area contributed by atoms with Gasteiger partial charge in [-0.25, -0.2) is 18.0 Å². The minimum atomic E-state index is -1.04. The third-order valence-corrected chi connectivity index (χ3v) is 11.8. The molecule has 4 aliphatic rings. The number of esters is 1. The number of hydrogen-bond donors (Lipinski definition) is 1. The van der Waals surface area contributed by atoms with E-state index in [4.69, 9.17) is 25.6 Å². The number of hydrogen-bond acceptors (Lipinski definition) is 11. The molecule has 6 heterocycles. The lowest BCUT2D eigenvalue weighted by Gasteiger charge is -2.41. The van der Waals surface area contributed by atoms with E-state index < -0.39 is 41.7 Å². The number of aromatic nitrogens is 3. The largest absolute Gasteiger partial charge is 0.508 e. The van der Waals surface area contributed by atoms with E-state index in [-0.39, 0.29) is 75.9 Å². The van der Waals surface area contributed by atoms with Gasteiger partial charge in [0.05, 0.1) is 28.6 Å². The molecule has 2 aromatic heterocycles. The first-order valence-electron chi connectivity index (χ1n) is 19.6. The van der Waals surface area contributed by atoms with Crippen LogP contribution in [0.25, 0.3) is 32.9 Å². The second-order valence-electron chi connectivity index (χ2n) is 16.0. The number of piperazine rings is 1. The van der Waals surface area contributed by atoms with Crippen molar-refractivity contribution in [1.82, 2.24) is 24.8 Å². The number of ether oxygens (including phenoxy) is 3. The SMILES string of the molecule is C#Cc1c(F)ccc2cc(O)cc(-c3ncc4c(N5CC6CCC(C5)N6C(=O)OC(OC(=O)CCC)C(C)C)nc(OC[C@@]56CCCN5C[C@H](F)C6)nc4c3F)c12. The maximum atomic E-state index is 17.1. The van der Waals surface area contributed by atoms with E-state index in [0.717, 1.165) is 19.4 Å². The first-order valence-corrected chi connectivity index (χ1v) is 19.6. The Morgan fingerprint density at radius 2 is 1.88 bits per heavy atom. The molecule has 57 heavy (non-hydrogen) atoms. The molecular formula is C42H45F3N6O6. The number of alkyl halides is 1. The highest BCUT2D eigenvalue weighted by Gasteiger charge is 2.50. The quantitative estimate of drug-likeness (QED) is 0.103. The number of phenolic OH excluding ortho intramolecular Hbond substituents is 1. The summed E-state index contributed by atoms with van der Waals surface area (Å²) < 4.78 is 64.3. The lowest BCUT2D eigenvalue weighted by molar-refractivity contribution is -0.177. The second kappa shape index (κ2) is 15.2. The van der Waals surface area contributed by atoms with Gasteiger partial charge < -0.3 is 24.2 Å². The third-order valence-electron chi connectivity index (χ3n) is 11.8. The summed E-state index contributed by atoms with van der Waals surface area (Å²) >= 11 is 0. The molecule has 2 bridgehead atoms. The number of pyridine rings is 1. The Morgan fingerprint density at radius 1 is 1.11 bits per heavy atom. The summed E-state index contributed by atoms with van der Waals surface area (Å²) in [6.45, 7) is 7.28. The summed E-state index contributed by atoms with van der Waals surface area (Å²) in [6, 6.07) is 4.61. The van der Waals surface area contributed by atoms with Crippen molar-refractivity contribution in [3.63, 3.8) is 0 Å². The Balaban J connectivity index is 1.16. The van der Waals surface area contributed by atoms with Crippen molar-refractivity contribution >= 4 is 39.6 Å². The molecule has 5 atom stereocenters. The average molecular weight is 787 g/mol. The molecule has 0 radical (unpaired) electrons. The smallest absolute Gasteiger partial charge is 0.413 e. The lowest BCUT2D eigenvalue weighted by atomic mass is 9.95. The van der Waals surface area contributed by atoms with Crippen molar-refractivity contribution in [3.8, 4) is 35.4 Å². The molecule has 3 unspecified atom stereocenters. The summed E-state index contributed by atoms with van der Waals surface area (Å²) in [7, 11) is 0. The van der Waals surface area contributed by atoms with Gasteiger partial charge in [0, 0.05) is 55.5 Å². The number of terminal acetylenes is 1.